The van der Waals surface area contributed by atoms with Crippen LogP contribution >= 0.6 is 0 Å². The normalized spacial score (nSPS) is 18.0. The highest BCUT2D eigenvalue weighted by atomic mass is 16.5. The molecule has 0 amide bonds. The lowest BCUT2D eigenvalue weighted by molar-refractivity contribution is 0.0257. The Morgan fingerprint density at radius 2 is 2.00 bits per heavy atom. The third-order valence-electron chi connectivity index (χ3n) is 4.17. The second-order valence-electron chi connectivity index (χ2n) is 5.48. The van der Waals surface area contributed by atoms with Gasteiger partial charge in [0.1, 0.15) is 11.4 Å². The van der Waals surface area contributed by atoms with Crippen LogP contribution in [0.2, 0.25) is 0 Å². The van der Waals surface area contributed by atoms with Crippen molar-refractivity contribution in [1.29, 1.82) is 0 Å². The number of aryl methyl sites for hydroxylation is 1. The van der Waals surface area contributed by atoms with Gasteiger partial charge < -0.3 is 9.84 Å². The summed E-state index contributed by atoms with van der Waals surface area (Å²) in [5.41, 5.74) is 1.20. The van der Waals surface area contributed by atoms with Gasteiger partial charge in [-0.1, -0.05) is 19.4 Å². The van der Waals surface area contributed by atoms with Gasteiger partial charge in [0.2, 0.25) is 0 Å². The fourth-order valence-electron chi connectivity index (χ4n) is 2.80. The number of ether oxygens (including phenoxy) is 1. The van der Waals surface area contributed by atoms with Crippen molar-refractivity contribution in [2.24, 2.45) is 0 Å². The summed E-state index contributed by atoms with van der Waals surface area (Å²) in [6, 6.07) is 5.11. The van der Waals surface area contributed by atoms with Crippen molar-refractivity contribution in [3.05, 3.63) is 29.3 Å². The van der Waals surface area contributed by atoms with E-state index in [0.717, 1.165) is 30.6 Å². The van der Waals surface area contributed by atoms with E-state index in [-0.39, 0.29) is 5.60 Å². The van der Waals surface area contributed by atoms with E-state index in [9.17, 15) is 4.79 Å². The number of rotatable bonds is 4. The fraction of sp³-hybridized carbons (Fsp3) is 0.562. The smallest absolute Gasteiger partial charge is 0.335 e. The largest absolute Gasteiger partial charge is 0.487 e. The predicted octanol–water partition coefficient (Wildman–Crippen LogP) is 4.18. The molecule has 0 spiro atoms. The summed E-state index contributed by atoms with van der Waals surface area (Å²) in [5, 5.41) is 9.07. The van der Waals surface area contributed by atoms with Gasteiger partial charge in [0.05, 0.1) is 5.56 Å². The minimum atomic E-state index is -0.904. The van der Waals surface area contributed by atoms with Gasteiger partial charge >= 0.3 is 5.97 Å². The summed E-state index contributed by atoms with van der Waals surface area (Å²) in [4.78, 5) is 11.1. The first-order valence-corrected chi connectivity index (χ1v) is 7.09. The minimum absolute atomic E-state index is 0.0971. The van der Waals surface area contributed by atoms with E-state index in [1.807, 2.05) is 13.0 Å². The van der Waals surface area contributed by atoms with E-state index in [4.69, 9.17) is 9.84 Å². The molecule has 19 heavy (non-hydrogen) atoms. The van der Waals surface area contributed by atoms with Crippen molar-refractivity contribution in [2.45, 2.75) is 58.0 Å². The second-order valence-corrected chi connectivity index (χ2v) is 5.48. The highest BCUT2D eigenvalue weighted by Crippen LogP contribution is 2.36. The molecule has 0 aromatic heterocycles. The molecule has 1 fully saturated rings. The molecule has 2 rings (SSSR count). The zero-order valence-electron chi connectivity index (χ0n) is 11.7. The monoisotopic (exact) mass is 262 g/mol. The average molecular weight is 262 g/mol. The third-order valence-corrected chi connectivity index (χ3v) is 4.17. The SMILES string of the molecule is CCC1(Oc2cc(C(=O)O)ccc2C)CCCCC1. The molecule has 0 heterocycles. The molecule has 1 aliphatic rings. The average Bonchev–Trinajstić information content (AvgIpc) is 2.42. The zero-order chi connectivity index (χ0) is 13.9. The quantitative estimate of drug-likeness (QED) is 0.885. The van der Waals surface area contributed by atoms with E-state index in [1.54, 1.807) is 12.1 Å². The van der Waals surface area contributed by atoms with Gasteiger partial charge in [-0.15, -0.1) is 0 Å². The van der Waals surface area contributed by atoms with Crippen LogP contribution in [0, 0.1) is 6.92 Å². The second kappa shape index (κ2) is 5.64. The van der Waals surface area contributed by atoms with E-state index in [1.165, 1.54) is 19.3 Å². The van der Waals surface area contributed by atoms with Crippen LogP contribution in [0.15, 0.2) is 18.2 Å². The Kier molecular flexibility index (Phi) is 4.13. The summed E-state index contributed by atoms with van der Waals surface area (Å²) in [6.07, 6.45) is 6.79. The summed E-state index contributed by atoms with van der Waals surface area (Å²) in [5.74, 6) is -0.178. The van der Waals surface area contributed by atoms with Crippen molar-refractivity contribution in [3.63, 3.8) is 0 Å². The predicted molar refractivity (Wildman–Crippen MR) is 74.9 cm³/mol. The van der Waals surface area contributed by atoms with Gasteiger partial charge in [-0.05, 0) is 56.7 Å². The van der Waals surface area contributed by atoms with Gasteiger partial charge in [-0.25, -0.2) is 4.79 Å². The molecule has 1 aromatic rings. The Morgan fingerprint density at radius 3 is 2.58 bits per heavy atom. The maximum absolute atomic E-state index is 11.1. The first-order valence-electron chi connectivity index (χ1n) is 7.09. The van der Waals surface area contributed by atoms with Gasteiger partial charge in [0, 0.05) is 0 Å². The summed E-state index contributed by atoms with van der Waals surface area (Å²) in [7, 11) is 0. The van der Waals surface area contributed by atoms with Crippen LogP contribution < -0.4 is 4.74 Å². The lowest BCUT2D eigenvalue weighted by Gasteiger charge is -2.37. The standard InChI is InChI=1S/C16H22O3/c1-3-16(9-5-4-6-10-16)19-14-11-13(15(17)18)8-7-12(14)2/h7-8,11H,3-6,9-10H2,1-2H3,(H,17,18). The molecular formula is C16H22O3. The molecule has 3 nitrogen and oxygen atoms in total. The summed E-state index contributed by atoms with van der Waals surface area (Å²) >= 11 is 0. The Balaban J connectivity index is 2.25. The molecule has 1 aromatic carbocycles. The van der Waals surface area contributed by atoms with Crippen LogP contribution in [-0.2, 0) is 0 Å². The van der Waals surface area contributed by atoms with Crippen LogP contribution in [-0.4, -0.2) is 16.7 Å². The number of hydrogen-bond donors (Lipinski definition) is 1. The molecule has 0 unspecified atom stereocenters. The molecule has 104 valence electrons. The van der Waals surface area contributed by atoms with Gasteiger partial charge in [0.15, 0.2) is 0 Å². The van der Waals surface area contributed by atoms with E-state index in [0.29, 0.717) is 5.56 Å². The van der Waals surface area contributed by atoms with Crippen molar-refractivity contribution in [3.8, 4) is 5.75 Å². The summed E-state index contributed by atoms with van der Waals surface area (Å²) < 4.78 is 6.25. The van der Waals surface area contributed by atoms with Crippen LogP contribution in [0.1, 0.15) is 61.4 Å². The molecule has 1 saturated carbocycles. The molecule has 1 aliphatic carbocycles. The number of benzene rings is 1. The zero-order valence-corrected chi connectivity index (χ0v) is 11.7. The molecular weight excluding hydrogens is 240 g/mol. The Labute approximate surface area is 114 Å². The van der Waals surface area contributed by atoms with E-state index in [2.05, 4.69) is 6.92 Å². The minimum Gasteiger partial charge on any atom is -0.487 e. The molecule has 0 bridgehead atoms. The van der Waals surface area contributed by atoms with Crippen molar-refractivity contribution in [2.75, 3.05) is 0 Å². The van der Waals surface area contributed by atoms with Crippen LogP contribution in [0.25, 0.3) is 0 Å². The third kappa shape index (κ3) is 3.09. The highest BCUT2D eigenvalue weighted by Gasteiger charge is 2.32. The lowest BCUT2D eigenvalue weighted by atomic mass is 9.82. The lowest BCUT2D eigenvalue weighted by Crippen LogP contribution is -2.37. The van der Waals surface area contributed by atoms with Gasteiger partial charge in [-0.2, -0.15) is 0 Å². The molecule has 0 saturated heterocycles. The van der Waals surface area contributed by atoms with Crippen LogP contribution in [0.5, 0.6) is 5.75 Å². The van der Waals surface area contributed by atoms with Gasteiger partial charge in [0.25, 0.3) is 0 Å². The van der Waals surface area contributed by atoms with Crippen LogP contribution in [0.3, 0.4) is 0 Å². The first kappa shape index (κ1) is 13.9. The molecule has 0 atom stereocenters. The molecule has 1 N–H and O–H groups in total. The number of carboxylic acids is 1. The first-order chi connectivity index (χ1) is 9.06. The van der Waals surface area contributed by atoms with E-state index >= 15 is 0 Å². The number of hydrogen-bond acceptors (Lipinski definition) is 2. The van der Waals surface area contributed by atoms with Crippen molar-refractivity contribution < 1.29 is 14.6 Å². The topological polar surface area (TPSA) is 46.5 Å². The maximum atomic E-state index is 11.1. The van der Waals surface area contributed by atoms with Crippen molar-refractivity contribution in [1.82, 2.24) is 0 Å². The van der Waals surface area contributed by atoms with Crippen molar-refractivity contribution >= 4 is 5.97 Å². The molecule has 3 heteroatoms. The Hall–Kier alpha value is -1.51. The number of carboxylic acid groups (broad SMARTS) is 1. The van der Waals surface area contributed by atoms with Crippen LogP contribution in [0.4, 0.5) is 0 Å². The van der Waals surface area contributed by atoms with Gasteiger partial charge in [-0.3, -0.25) is 0 Å². The van der Waals surface area contributed by atoms with E-state index < -0.39 is 5.97 Å². The number of aromatic carboxylic acids is 1. The Morgan fingerprint density at radius 1 is 1.32 bits per heavy atom. The highest BCUT2D eigenvalue weighted by molar-refractivity contribution is 5.88. The molecule has 0 aliphatic heterocycles. The number of carbonyl (C=O) groups is 1. The Bertz CT molecular complexity index is 459. The fourth-order valence-corrected chi connectivity index (χ4v) is 2.80. The summed E-state index contributed by atoms with van der Waals surface area (Å²) in [6.45, 7) is 4.12. The maximum Gasteiger partial charge on any atom is 0.335 e. The molecule has 0 radical (unpaired) electrons.